The normalized spacial score (nSPS) is 16.6. The molecule has 0 N–H and O–H groups in total. The fraction of sp³-hybridized carbons (Fsp3) is 0.476. The first-order valence-corrected chi connectivity index (χ1v) is 9.45. The van der Waals surface area contributed by atoms with Crippen LogP contribution in [0.5, 0.6) is 11.5 Å². The number of carbonyl (C=O) groups excluding carboxylic acids is 3. The maximum Gasteiger partial charge on any atom is 0.326 e. The second-order valence-corrected chi connectivity index (χ2v) is 6.93. The fourth-order valence-electron chi connectivity index (χ4n) is 3.30. The van der Waals surface area contributed by atoms with Crippen LogP contribution < -0.4 is 9.47 Å². The van der Waals surface area contributed by atoms with Gasteiger partial charge in [-0.25, -0.2) is 0 Å². The predicted molar refractivity (Wildman–Crippen MR) is 107 cm³/mol. The van der Waals surface area contributed by atoms with E-state index >= 15 is 0 Å². The van der Waals surface area contributed by atoms with Crippen LogP contribution >= 0.6 is 0 Å². The summed E-state index contributed by atoms with van der Waals surface area (Å²) in [6.07, 6.45) is 1.61. The second-order valence-electron chi connectivity index (χ2n) is 6.93. The largest absolute Gasteiger partial charge is 0.493 e. The van der Waals surface area contributed by atoms with Crippen LogP contribution in [0.3, 0.4) is 0 Å². The van der Waals surface area contributed by atoms with Crippen LogP contribution in [-0.2, 0) is 19.1 Å². The molecular formula is C21H28N2O6. The third-order valence-corrected chi connectivity index (χ3v) is 4.64. The zero-order chi connectivity index (χ0) is 21.7. The zero-order valence-electron chi connectivity index (χ0n) is 17.7. The molecule has 1 atom stereocenters. The summed E-state index contributed by atoms with van der Waals surface area (Å²) in [6.45, 7) is 6.79. The molecule has 1 aliphatic rings. The fourth-order valence-corrected chi connectivity index (χ4v) is 3.30. The van der Waals surface area contributed by atoms with Crippen molar-refractivity contribution in [3.8, 4) is 11.5 Å². The molecule has 8 heteroatoms. The van der Waals surface area contributed by atoms with E-state index in [1.807, 2.05) is 13.8 Å². The van der Waals surface area contributed by atoms with E-state index in [1.54, 1.807) is 31.3 Å². The Bertz CT molecular complexity index is 817. The number of methoxy groups -OCH3 is 2. The van der Waals surface area contributed by atoms with Crippen LogP contribution in [0, 0.1) is 5.92 Å². The Morgan fingerprint density at radius 3 is 2.31 bits per heavy atom. The summed E-state index contributed by atoms with van der Waals surface area (Å²) in [5, 5.41) is 0. The molecule has 1 aromatic carbocycles. The minimum Gasteiger partial charge on any atom is -0.493 e. The Morgan fingerprint density at radius 1 is 1.14 bits per heavy atom. The lowest BCUT2D eigenvalue weighted by atomic mass is 9.97. The van der Waals surface area contributed by atoms with Crippen LogP contribution in [0.2, 0.25) is 0 Å². The van der Waals surface area contributed by atoms with Gasteiger partial charge in [0.1, 0.15) is 12.6 Å². The number of ether oxygens (including phenoxy) is 3. The van der Waals surface area contributed by atoms with Crippen molar-refractivity contribution >= 4 is 23.5 Å². The number of rotatable bonds is 7. The first-order valence-electron chi connectivity index (χ1n) is 9.45. The number of carbonyl (C=O) groups is 3. The molecule has 0 saturated heterocycles. The predicted octanol–water partition coefficient (Wildman–Crippen LogP) is 2.28. The molecule has 1 aliphatic heterocycles. The smallest absolute Gasteiger partial charge is 0.326 e. The van der Waals surface area contributed by atoms with Gasteiger partial charge in [-0.15, -0.1) is 0 Å². The number of amides is 2. The molecule has 1 heterocycles. The lowest BCUT2D eigenvalue weighted by Crippen LogP contribution is -2.55. The molecule has 2 amide bonds. The van der Waals surface area contributed by atoms with Crippen LogP contribution in [0.1, 0.15) is 33.3 Å². The summed E-state index contributed by atoms with van der Waals surface area (Å²) in [4.78, 5) is 40.5. The van der Waals surface area contributed by atoms with Gasteiger partial charge in [-0.1, -0.05) is 13.8 Å². The highest BCUT2D eigenvalue weighted by Gasteiger charge is 2.40. The second kappa shape index (κ2) is 9.45. The molecular weight excluding hydrogens is 376 g/mol. The number of benzene rings is 1. The van der Waals surface area contributed by atoms with Crippen molar-refractivity contribution in [2.75, 3.05) is 27.4 Å². The van der Waals surface area contributed by atoms with Gasteiger partial charge in [-0.05, 0) is 31.0 Å². The highest BCUT2D eigenvalue weighted by molar-refractivity contribution is 5.99. The van der Waals surface area contributed by atoms with Crippen molar-refractivity contribution in [1.29, 1.82) is 0 Å². The van der Waals surface area contributed by atoms with Gasteiger partial charge in [0, 0.05) is 18.7 Å². The summed E-state index contributed by atoms with van der Waals surface area (Å²) >= 11 is 0. The Labute approximate surface area is 171 Å². The van der Waals surface area contributed by atoms with Crippen molar-refractivity contribution in [3.05, 3.63) is 30.0 Å². The molecule has 29 heavy (non-hydrogen) atoms. The number of nitrogens with zero attached hydrogens (tertiary/aromatic N) is 2. The van der Waals surface area contributed by atoms with Crippen molar-refractivity contribution < 1.29 is 28.6 Å². The van der Waals surface area contributed by atoms with E-state index in [2.05, 4.69) is 0 Å². The van der Waals surface area contributed by atoms with Gasteiger partial charge < -0.3 is 19.1 Å². The molecule has 0 aromatic heterocycles. The minimum atomic E-state index is -0.703. The molecule has 2 rings (SSSR count). The molecule has 0 fully saturated rings. The first kappa shape index (κ1) is 22.3. The van der Waals surface area contributed by atoms with Crippen molar-refractivity contribution in [2.45, 2.75) is 33.7 Å². The lowest BCUT2D eigenvalue weighted by Gasteiger charge is -2.40. The third kappa shape index (κ3) is 4.70. The van der Waals surface area contributed by atoms with Crippen LogP contribution in [-0.4, -0.2) is 61.0 Å². The highest BCUT2D eigenvalue weighted by atomic mass is 16.5. The average Bonchev–Trinajstić information content (AvgIpc) is 2.68. The van der Waals surface area contributed by atoms with Gasteiger partial charge in [-0.2, -0.15) is 0 Å². The number of hydrogen-bond donors (Lipinski definition) is 0. The number of hydrogen-bond acceptors (Lipinski definition) is 6. The van der Waals surface area contributed by atoms with E-state index in [1.165, 1.54) is 30.9 Å². The van der Waals surface area contributed by atoms with E-state index in [9.17, 15) is 14.4 Å². The van der Waals surface area contributed by atoms with Crippen molar-refractivity contribution in [3.63, 3.8) is 0 Å². The van der Waals surface area contributed by atoms with E-state index in [0.29, 0.717) is 22.8 Å². The van der Waals surface area contributed by atoms with E-state index < -0.39 is 12.0 Å². The molecule has 0 radical (unpaired) electrons. The van der Waals surface area contributed by atoms with Gasteiger partial charge >= 0.3 is 5.97 Å². The van der Waals surface area contributed by atoms with Gasteiger partial charge in [0.2, 0.25) is 5.91 Å². The molecule has 0 bridgehead atoms. The maximum absolute atomic E-state index is 13.3. The summed E-state index contributed by atoms with van der Waals surface area (Å²) in [7, 11) is 3.04. The molecule has 0 saturated carbocycles. The standard InChI is InChI=1S/C21H28N2O6/c1-7-29-19(25)12-23-16(15-8-9-17(27-5)18(10-15)28-6)11-22(14(4)24)20(13(2)3)21(23)26/h8-11,13,20H,7,12H2,1-6H3. The third-order valence-electron chi connectivity index (χ3n) is 4.64. The first-order chi connectivity index (χ1) is 13.7. The zero-order valence-corrected chi connectivity index (χ0v) is 17.7. The van der Waals surface area contributed by atoms with Gasteiger partial charge in [0.25, 0.3) is 5.91 Å². The quantitative estimate of drug-likeness (QED) is 0.648. The van der Waals surface area contributed by atoms with Crippen LogP contribution in [0.4, 0.5) is 0 Å². The Hall–Kier alpha value is -3.03. The summed E-state index contributed by atoms with van der Waals surface area (Å²) in [5.74, 6) is -0.263. The summed E-state index contributed by atoms with van der Waals surface area (Å²) in [6, 6.07) is 4.44. The molecule has 0 aliphatic carbocycles. The molecule has 8 nitrogen and oxygen atoms in total. The topological polar surface area (TPSA) is 85.4 Å². The van der Waals surface area contributed by atoms with E-state index in [4.69, 9.17) is 14.2 Å². The molecule has 0 spiro atoms. The van der Waals surface area contributed by atoms with Crippen molar-refractivity contribution in [1.82, 2.24) is 9.80 Å². The Balaban J connectivity index is 2.61. The van der Waals surface area contributed by atoms with Gasteiger partial charge in [0.05, 0.1) is 26.5 Å². The Morgan fingerprint density at radius 2 is 1.79 bits per heavy atom. The highest BCUT2D eigenvalue weighted by Crippen LogP contribution is 2.35. The number of esters is 1. The summed E-state index contributed by atoms with van der Waals surface area (Å²) < 4.78 is 15.7. The van der Waals surface area contributed by atoms with Gasteiger partial charge in [-0.3, -0.25) is 19.3 Å². The van der Waals surface area contributed by atoms with Crippen LogP contribution in [0.15, 0.2) is 24.4 Å². The molecule has 158 valence electrons. The average molecular weight is 404 g/mol. The molecule has 1 unspecified atom stereocenters. The molecule has 1 aromatic rings. The monoisotopic (exact) mass is 404 g/mol. The van der Waals surface area contributed by atoms with Crippen molar-refractivity contribution in [2.24, 2.45) is 5.92 Å². The van der Waals surface area contributed by atoms with Crippen LogP contribution in [0.25, 0.3) is 5.70 Å². The summed E-state index contributed by atoms with van der Waals surface area (Å²) in [5.41, 5.74) is 1.02. The van der Waals surface area contributed by atoms with Gasteiger partial charge in [0.15, 0.2) is 11.5 Å². The minimum absolute atomic E-state index is 0.140. The van der Waals surface area contributed by atoms with E-state index in [-0.39, 0.29) is 30.9 Å². The van der Waals surface area contributed by atoms with E-state index in [0.717, 1.165) is 0 Å². The maximum atomic E-state index is 13.3. The lowest BCUT2D eigenvalue weighted by molar-refractivity contribution is -0.150. The SMILES string of the molecule is CCOC(=O)CN1C(=O)C(C(C)C)N(C(C)=O)C=C1c1ccc(OC)c(OC)c1. The Kier molecular flexibility index (Phi) is 7.25.